The largest absolute Gasteiger partial charge is 0.333 e. The molecule has 0 aliphatic rings. The second kappa shape index (κ2) is 5.87. The highest BCUT2D eigenvalue weighted by Crippen LogP contribution is 2.28. The first kappa shape index (κ1) is 14.5. The van der Waals surface area contributed by atoms with E-state index in [-0.39, 0.29) is 5.56 Å². The van der Waals surface area contributed by atoms with Crippen LogP contribution in [0.4, 0.5) is 4.39 Å². The molecule has 0 spiro atoms. The molecule has 0 radical (unpaired) electrons. The third-order valence-corrected chi connectivity index (χ3v) is 2.65. The molecule has 0 unspecified atom stereocenters. The standard InChI is InChI=1S/C10H10Cl3FN2O/c1-15-9(10(11,12)13)16-8(17)6-2-4-7(14)5-3-6/h2-5,9,15H,1H3,(H,16,17)/t9-/m1/s1. The SMILES string of the molecule is CN[C@H](NC(=O)c1ccc(F)cc1)C(Cl)(Cl)Cl. The van der Waals surface area contributed by atoms with Gasteiger partial charge in [0.15, 0.2) is 0 Å². The van der Waals surface area contributed by atoms with Crippen molar-refractivity contribution in [1.82, 2.24) is 10.6 Å². The van der Waals surface area contributed by atoms with Crippen molar-refractivity contribution in [2.45, 2.75) is 9.96 Å². The number of benzene rings is 1. The lowest BCUT2D eigenvalue weighted by atomic mass is 10.2. The Balaban J connectivity index is 2.75. The van der Waals surface area contributed by atoms with Crippen LogP contribution < -0.4 is 10.6 Å². The van der Waals surface area contributed by atoms with Crippen LogP contribution in [0.2, 0.25) is 0 Å². The first-order valence-electron chi connectivity index (χ1n) is 4.65. The van der Waals surface area contributed by atoms with Gasteiger partial charge in [0.25, 0.3) is 5.91 Å². The fraction of sp³-hybridized carbons (Fsp3) is 0.300. The maximum absolute atomic E-state index is 12.7. The van der Waals surface area contributed by atoms with Gasteiger partial charge in [-0.05, 0) is 31.3 Å². The van der Waals surface area contributed by atoms with Crippen LogP contribution in [0.5, 0.6) is 0 Å². The van der Waals surface area contributed by atoms with Gasteiger partial charge in [0.1, 0.15) is 12.0 Å². The highest BCUT2D eigenvalue weighted by atomic mass is 35.6. The summed E-state index contributed by atoms with van der Waals surface area (Å²) < 4.78 is 11.0. The molecule has 1 amide bonds. The molecule has 3 nitrogen and oxygen atoms in total. The normalized spacial score (nSPS) is 13.2. The van der Waals surface area contributed by atoms with Crippen molar-refractivity contribution in [3.8, 4) is 0 Å². The second-order valence-corrected chi connectivity index (χ2v) is 5.61. The summed E-state index contributed by atoms with van der Waals surface area (Å²) in [5, 5.41) is 5.13. The molecule has 7 heteroatoms. The van der Waals surface area contributed by atoms with E-state index in [0.717, 1.165) is 0 Å². The first-order valence-corrected chi connectivity index (χ1v) is 5.78. The number of carbonyl (C=O) groups is 1. The molecule has 0 bridgehead atoms. The minimum absolute atomic E-state index is 0.279. The van der Waals surface area contributed by atoms with Crippen LogP contribution in [0.25, 0.3) is 0 Å². The molecule has 94 valence electrons. The molecule has 0 saturated heterocycles. The highest BCUT2D eigenvalue weighted by molar-refractivity contribution is 6.68. The van der Waals surface area contributed by atoms with E-state index in [0.29, 0.717) is 0 Å². The zero-order valence-corrected chi connectivity index (χ0v) is 11.1. The fourth-order valence-corrected chi connectivity index (χ4v) is 1.62. The number of nitrogens with one attached hydrogen (secondary N) is 2. The zero-order chi connectivity index (χ0) is 13.1. The summed E-state index contributed by atoms with van der Waals surface area (Å²) in [7, 11) is 1.54. The van der Waals surface area contributed by atoms with Crippen LogP contribution in [0.1, 0.15) is 10.4 Å². The summed E-state index contributed by atoms with van der Waals surface area (Å²) in [5.74, 6) is -0.885. The van der Waals surface area contributed by atoms with Gasteiger partial charge in [0.05, 0.1) is 0 Å². The fourth-order valence-electron chi connectivity index (χ4n) is 1.13. The van der Waals surface area contributed by atoms with Crippen molar-refractivity contribution in [1.29, 1.82) is 0 Å². The number of amides is 1. The van der Waals surface area contributed by atoms with Crippen molar-refractivity contribution in [3.05, 3.63) is 35.6 Å². The Kier molecular flexibility index (Phi) is 5.01. The van der Waals surface area contributed by atoms with Gasteiger partial charge in [0, 0.05) is 5.56 Å². The molecule has 1 atom stereocenters. The van der Waals surface area contributed by atoms with Gasteiger partial charge in [0.2, 0.25) is 3.79 Å². The first-order chi connectivity index (χ1) is 7.84. The minimum Gasteiger partial charge on any atom is -0.333 e. The third kappa shape index (κ3) is 4.32. The van der Waals surface area contributed by atoms with Gasteiger partial charge >= 0.3 is 0 Å². The molecule has 0 heterocycles. The number of hydrogen-bond donors (Lipinski definition) is 2. The lowest BCUT2D eigenvalue weighted by Gasteiger charge is -2.24. The summed E-state index contributed by atoms with van der Waals surface area (Å²) in [6, 6.07) is 5.04. The van der Waals surface area contributed by atoms with Crippen LogP contribution in [0.3, 0.4) is 0 Å². The van der Waals surface area contributed by atoms with Gasteiger partial charge in [-0.25, -0.2) is 4.39 Å². The Morgan fingerprint density at radius 3 is 2.24 bits per heavy atom. The smallest absolute Gasteiger partial charge is 0.252 e. The molecule has 1 aromatic carbocycles. The predicted molar refractivity (Wildman–Crippen MR) is 67.0 cm³/mol. The molecular weight excluding hydrogens is 289 g/mol. The second-order valence-electron chi connectivity index (χ2n) is 3.24. The molecule has 0 aromatic heterocycles. The van der Waals surface area contributed by atoms with Crippen LogP contribution >= 0.6 is 34.8 Å². The molecule has 0 aliphatic carbocycles. The Hall–Kier alpha value is -0.550. The number of hydrogen-bond acceptors (Lipinski definition) is 2. The van der Waals surface area contributed by atoms with Crippen molar-refractivity contribution in [2.75, 3.05) is 7.05 Å². The van der Waals surface area contributed by atoms with E-state index >= 15 is 0 Å². The van der Waals surface area contributed by atoms with Gasteiger partial charge in [-0.3, -0.25) is 10.1 Å². The Morgan fingerprint density at radius 1 is 1.29 bits per heavy atom. The summed E-state index contributed by atoms with van der Waals surface area (Å²) in [6.45, 7) is 0. The molecule has 1 aromatic rings. The topological polar surface area (TPSA) is 41.1 Å². The highest BCUT2D eigenvalue weighted by Gasteiger charge is 2.32. The summed E-state index contributed by atoms with van der Waals surface area (Å²) in [4.78, 5) is 11.7. The van der Waals surface area contributed by atoms with Gasteiger partial charge in [-0.2, -0.15) is 0 Å². The maximum atomic E-state index is 12.7. The predicted octanol–water partition coefficient (Wildman–Crippen LogP) is 2.47. The summed E-state index contributed by atoms with van der Waals surface area (Å²) in [5.41, 5.74) is 0.279. The minimum atomic E-state index is -1.68. The Labute approximate surface area is 113 Å². The van der Waals surface area contributed by atoms with E-state index in [1.165, 1.54) is 31.3 Å². The van der Waals surface area contributed by atoms with Gasteiger partial charge in [-0.1, -0.05) is 34.8 Å². The molecular formula is C10H10Cl3FN2O. The van der Waals surface area contributed by atoms with Gasteiger partial charge in [-0.15, -0.1) is 0 Å². The monoisotopic (exact) mass is 298 g/mol. The molecule has 0 aliphatic heterocycles. The van der Waals surface area contributed by atoms with E-state index in [1.807, 2.05) is 0 Å². The summed E-state index contributed by atoms with van der Waals surface area (Å²) in [6.07, 6.45) is -0.843. The maximum Gasteiger partial charge on any atom is 0.252 e. The summed E-state index contributed by atoms with van der Waals surface area (Å²) >= 11 is 16.9. The van der Waals surface area contributed by atoms with Crippen LogP contribution in [-0.2, 0) is 0 Å². The number of rotatable bonds is 3. The van der Waals surface area contributed by atoms with Crippen molar-refractivity contribution in [3.63, 3.8) is 0 Å². The quantitative estimate of drug-likeness (QED) is 0.665. The van der Waals surface area contributed by atoms with E-state index in [2.05, 4.69) is 10.6 Å². The number of alkyl halides is 3. The van der Waals surface area contributed by atoms with Crippen molar-refractivity contribution >= 4 is 40.7 Å². The lowest BCUT2D eigenvalue weighted by molar-refractivity contribution is 0.0931. The molecule has 0 fully saturated rings. The van der Waals surface area contributed by atoms with E-state index in [1.54, 1.807) is 0 Å². The molecule has 2 N–H and O–H groups in total. The Morgan fingerprint density at radius 2 is 1.82 bits per heavy atom. The van der Waals surface area contributed by atoms with Crippen molar-refractivity contribution < 1.29 is 9.18 Å². The van der Waals surface area contributed by atoms with Crippen molar-refractivity contribution in [2.24, 2.45) is 0 Å². The average molecular weight is 300 g/mol. The van der Waals surface area contributed by atoms with E-state index in [4.69, 9.17) is 34.8 Å². The van der Waals surface area contributed by atoms with E-state index < -0.39 is 21.7 Å². The molecule has 1 rings (SSSR count). The van der Waals surface area contributed by atoms with Gasteiger partial charge < -0.3 is 5.32 Å². The molecule has 17 heavy (non-hydrogen) atoms. The van der Waals surface area contributed by atoms with Crippen LogP contribution in [0, 0.1) is 5.82 Å². The molecule has 0 saturated carbocycles. The average Bonchev–Trinajstić information content (AvgIpc) is 2.24. The zero-order valence-electron chi connectivity index (χ0n) is 8.81. The number of halogens is 4. The lowest BCUT2D eigenvalue weighted by Crippen LogP contribution is -2.51. The van der Waals surface area contributed by atoms with Crippen LogP contribution in [-0.4, -0.2) is 22.9 Å². The number of carbonyl (C=O) groups excluding carboxylic acids is 1. The van der Waals surface area contributed by atoms with Crippen LogP contribution in [0.15, 0.2) is 24.3 Å². The third-order valence-electron chi connectivity index (χ3n) is 2.00. The van der Waals surface area contributed by atoms with E-state index in [9.17, 15) is 9.18 Å². The Bertz CT molecular complexity index is 392.